The largest absolute Gasteiger partial charge is 0.330 e. The van der Waals surface area contributed by atoms with Gasteiger partial charge in [-0.25, -0.2) is 4.79 Å². The fourth-order valence-electron chi connectivity index (χ4n) is 2.54. The van der Waals surface area contributed by atoms with Gasteiger partial charge in [0.25, 0.3) is 5.69 Å². The van der Waals surface area contributed by atoms with Crippen molar-refractivity contribution in [2.45, 2.75) is 32.1 Å². The summed E-state index contributed by atoms with van der Waals surface area (Å²) in [5, 5.41) is 16.0. The van der Waals surface area contributed by atoms with E-state index in [0.717, 1.165) is 25.8 Å². The molecule has 0 heterocycles. The summed E-state index contributed by atoms with van der Waals surface area (Å²) in [5.74, 6) is 0. The van der Waals surface area contributed by atoms with Gasteiger partial charge in [-0.3, -0.25) is 10.1 Å². The third kappa shape index (κ3) is 6.52. The number of hydrogen-bond acceptors (Lipinski definition) is 4. The van der Waals surface area contributed by atoms with Crippen molar-refractivity contribution in [3.05, 3.63) is 64.2 Å². The number of aryl methyl sites for hydroxylation is 1. The fraction of sp³-hybridized carbons (Fsp3) is 0.316. The average molecular weight is 356 g/mol. The molecule has 2 aromatic rings. The summed E-state index contributed by atoms with van der Waals surface area (Å²) >= 11 is 0. The molecule has 0 aliphatic rings. The Morgan fingerprint density at radius 3 is 1.96 bits per heavy atom. The van der Waals surface area contributed by atoms with Gasteiger partial charge in [0, 0.05) is 23.5 Å². The fourth-order valence-corrected chi connectivity index (χ4v) is 2.54. The van der Waals surface area contributed by atoms with Gasteiger partial charge in [-0.05, 0) is 55.6 Å². The van der Waals surface area contributed by atoms with E-state index in [1.54, 1.807) is 0 Å². The van der Waals surface area contributed by atoms with Gasteiger partial charge in [0.05, 0.1) is 4.92 Å². The maximum atomic E-state index is 12.0. The molecule has 4 N–H and O–H groups in total. The molecule has 0 bridgehead atoms. The zero-order chi connectivity index (χ0) is 18.8. The lowest BCUT2D eigenvalue weighted by atomic mass is 10.1. The first kappa shape index (κ1) is 19.4. The number of nitrogens with two attached hydrogens (primary N) is 1. The molecule has 0 unspecified atom stereocenters. The summed E-state index contributed by atoms with van der Waals surface area (Å²) in [6.45, 7) is 0.752. The number of non-ortho nitro benzene ring substituents is 1. The summed E-state index contributed by atoms with van der Waals surface area (Å²) in [5.41, 5.74) is 7.87. The van der Waals surface area contributed by atoms with Gasteiger partial charge in [-0.2, -0.15) is 0 Å². The lowest BCUT2D eigenvalue weighted by Crippen LogP contribution is -2.19. The highest BCUT2D eigenvalue weighted by Crippen LogP contribution is 2.16. The molecule has 0 spiro atoms. The van der Waals surface area contributed by atoms with Gasteiger partial charge in [0.15, 0.2) is 0 Å². The third-order valence-corrected chi connectivity index (χ3v) is 3.97. The number of benzene rings is 2. The van der Waals surface area contributed by atoms with E-state index in [2.05, 4.69) is 10.6 Å². The second-order valence-corrected chi connectivity index (χ2v) is 6.03. The number of anilines is 2. The maximum absolute atomic E-state index is 12.0. The lowest BCUT2D eigenvalue weighted by molar-refractivity contribution is -0.384. The van der Waals surface area contributed by atoms with Crippen molar-refractivity contribution in [1.29, 1.82) is 0 Å². The summed E-state index contributed by atoms with van der Waals surface area (Å²) in [7, 11) is 0. The summed E-state index contributed by atoms with van der Waals surface area (Å²) in [6, 6.07) is 13.0. The van der Waals surface area contributed by atoms with Crippen LogP contribution in [0.4, 0.5) is 21.9 Å². The van der Waals surface area contributed by atoms with Crippen LogP contribution in [-0.2, 0) is 6.42 Å². The number of nitro benzene ring substituents is 1. The van der Waals surface area contributed by atoms with Crippen molar-refractivity contribution >= 4 is 23.1 Å². The predicted octanol–water partition coefficient (Wildman–Crippen LogP) is 4.30. The molecular weight excluding hydrogens is 332 g/mol. The van der Waals surface area contributed by atoms with Gasteiger partial charge < -0.3 is 16.4 Å². The number of carbonyl (C=O) groups excluding carboxylic acids is 1. The number of rotatable bonds is 9. The molecule has 2 amide bonds. The summed E-state index contributed by atoms with van der Waals surface area (Å²) < 4.78 is 0. The first-order valence-corrected chi connectivity index (χ1v) is 8.70. The molecule has 0 saturated carbocycles. The molecule has 138 valence electrons. The zero-order valence-electron chi connectivity index (χ0n) is 14.6. The van der Waals surface area contributed by atoms with Crippen molar-refractivity contribution in [1.82, 2.24) is 0 Å². The zero-order valence-corrected chi connectivity index (χ0v) is 14.6. The number of amides is 2. The second-order valence-electron chi connectivity index (χ2n) is 6.03. The summed E-state index contributed by atoms with van der Waals surface area (Å²) in [6.07, 6.45) is 5.56. The highest BCUT2D eigenvalue weighted by Gasteiger charge is 2.06. The number of nitrogens with zero attached hydrogens (tertiary/aromatic N) is 1. The molecule has 0 radical (unpaired) electrons. The summed E-state index contributed by atoms with van der Waals surface area (Å²) in [4.78, 5) is 22.1. The van der Waals surface area contributed by atoms with Crippen LogP contribution in [0.25, 0.3) is 0 Å². The minimum Gasteiger partial charge on any atom is -0.330 e. The Labute approximate surface area is 152 Å². The topological polar surface area (TPSA) is 110 Å². The molecular formula is C19H24N4O3. The van der Waals surface area contributed by atoms with Crippen molar-refractivity contribution < 1.29 is 9.72 Å². The highest BCUT2D eigenvalue weighted by atomic mass is 16.6. The molecule has 7 heteroatoms. The van der Waals surface area contributed by atoms with E-state index in [1.165, 1.54) is 42.7 Å². The van der Waals surface area contributed by atoms with Crippen molar-refractivity contribution in [2.75, 3.05) is 17.2 Å². The third-order valence-electron chi connectivity index (χ3n) is 3.97. The van der Waals surface area contributed by atoms with Gasteiger partial charge in [-0.1, -0.05) is 25.0 Å². The first-order valence-electron chi connectivity index (χ1n) is 8.70. The molecule has 2 rings (SSSR count). The van der Waals surface area contributed by atoms with Crippen LogP contribution in [0.2, 0.25) is 0 Å². The number of unbranched alkanes of at least 4 members (excludes halogenated alkanes) is 3. The number of nitrogens with one attached hydrogen (secondary N) is 2. The molecule has 0 aliphatic carbocycles. The van der Waals surface area contributed by atoms with Crippen LogP contribution >= 0.6 is 0 Å². The van der Waals surface area contributed by atoms with Crippen LogP contribution in [0.1, 0.15) is 31.2 Å². The van der Waals surface area contributed by atoms with Gasteiger partial charge in [0.1, 0.15) is 0 Å². The monoisotopic (exact) mass is 356 g/mol. The number of carbonyl (C=O) groups is 1. The number of nitro groups is 1. The molecule has 0 atom stereocenters. The molecule has 7 nitrogen and oxygen atoms in total. The average Bonchev–Trinajstić information content (AvgIpc) is 2.63. The van der Waals surface area contributed by atoms with Crippen LogP contribution in [0.3, 0.4) is 0 Å². The van der Waals surface area contributed by atoms with Crippen molar-refractivity contribution in [3.8, 4) is 0 Å². The van der Waals surface area contributed by atoms with Crippen LogP contribution in [0.15, 0.2) is 48.5 Å². The Bertz CT molecular complexity index is 715. The van der Waals surface area contributed by atoms with Crippen LogP contribution in [-0.4, -0.2) is 17.5 Å². The van der Waals surface area contributed by atoms with Crippen LogP contribution in [0.5, 0.6) is 0 Å². The first-order chi connectivity index (χ1) is 12.6. The van der Waals surface area contributed by atoms with E-state index in [4.69, 9.17) is 5.73 Å². The normalized spacial score (nSPS) is 10.3. The van der Waals surface area contributed by atoms with E-state index in [-0.39, 0.29) is 5.69 Å². The van der Waals surface area contributed by atoms with Crippen molar-refractivity contribution in [2.24, 2.45) is 5.73 Å². The van der Waals surface area contributed by atoms with Crippen molar-refractivity contribution in [3.63, 3.8) is 0 Å². The van der Waals surface area contributed by atoms with Gasteiger partial charge in [0.2, 0.25) is 0 Å². The Morgan fingerprint density at radius 1 is 0.885 bits per heavy atom. The minimum atomic E-state index is -0.483. The lowest BCUT2D eigenvalue weighted by Gasteiger charge is -2.08. The van der Waals surface area contributed by atoms with Gasteiger partial charge in [-0.15, -0.1) is 0 Å². The van der Waals surface area contributed by atoms with E-state index in [0.29, 0.717) is 11.4 Å². The smallest absolute Gasteiger partial charge is 0.323 e. The molecule has 0 saturated heterocycles. The maximum Gasteiger partial charge on any atom is 0.323 e. The molecule has 0 fully saturated rings. The highest BCUT2D eigenvalue weighted by molar-refractivity contribution is 5.99. The molecule has 0 aliphatic heterocycles. The molecule has 2 aromatic carbocycles. The predicted molar refractivity (Wildman–Crippen MR) is 103 cm³/mol. The van der Waals surface area contributed by atoms with E-state index in [1.807, 2.05) is 24.3 Å². The van der Waals surface area contributed by atoms with Crippen LogP contribution < -0.4 is 16.4 Å². The Morgan fingerprint density at radius 2 is 1.42 bits per heavy atom. The number of urea groups is 1. The van der Waals surface area contributed by atoms with Crippen LogP contribution in [0, 0.1) is 10.1 Å². The van der Waals surface area contributed by atoms with Gasteiger partial charge >= 0.3 is 6.03 Å². The second kappa shape index (κ2) is 10.1. The molecule has 26 heavy (non-hydrogen) atoms. The van der Waals surface area contributed by atoms with E-state index in [9.17, 15) is 14.9 Å². The standard InChI is InChI=1S/C19H24N4O3/c20-14-4-2-1-3-5-15-6-8-16(9-7-15)21-19(24)22-17-10-12-18(13-11-17)23(25)26/h6-13H,1-5,14,20H2,(H2,21,22,24). The van der Waals surface area contributed by atoms with E-state index >= 15 is 0 Å². The SMILES string of the molecule is NCCCCCCc1ccc(NC(=O)Nc2ccc([N+](=O)[O-])cc2)cc1. The quantitative estimate of drug-likeness (QED) is 0.353. The van der Waals surface area contributed by atoms with E-state index < -0.39 is 11.0 Å². The Hall–Kier alpha value is -2.93. The molecule has 0 aromatic heterocycles. The number of hydrogen-bond donors (Lipinski definition) is 3. The Kier molecular flexibility index (Phi) is 7.57. The Balaban J connectivity index is 1.78. The minimum absolute atomic E-state index is 0.0189.